The standard InChI is InChI=1S/C15H25N3O2S/c16-11-13-5-1-2-6-14(13)12-18-21(19,20)10-8-15-7-3-4-9-17-15/h3-4,7,9,13-14,18H,1-2,5-6,8,10-12,16H2. The largest absolute Gasteiger partial charge is 0.330 e. The number of hydrogen-bond acceptors (Lipinski definition) is 4. The molecule has 1 fully saturated rings. The van der Waals surface area contributed by atoms with E-state index in [2.05, 4.69) is 9.71 Å². The van der Waals surface area contributed by atoms with Gasteiger partial charge in [0.05, 0.1) is 5.75 Å². The Morgan fingerprint density at radius 1 is 1.24 bits per heavy atom. The van der Waals surface area contributed by atoms with Crippen molar-refractivity contribution in [2.24, 2.45) is 17.6 Å². The molecule has 0 bridgehead atoms. The van der Waals surface area contributed by atoms with Crippen LogP contribution in [0.4, 0.5) is 0 Å². The maximum Gasteiger partial charge on any atom is 0.211 e. The van der Waals surface area contributed by atoms with Gasteiger partial charge in [-0.2, -0.15) is 0 Å². The topological polar surface area (TPSA) is 85.1 Å². The molecular formula is C15H25N3O2S. The Morgan fingerprint density at radius 2 is 2.00 bits per heavy atom. The fourth-order valence-electron chi connectivity index (χ4n) is 2.95. The molecule has 1 saturated carbocycles. The molecule has 0 spiro atoms. The van der Waals surface area contributed by atoms with Gasteiger partial charge in [-0.3, -0.25) is 4.98 Å². The summed E-state index contributed by atoms with van der Waals surface area (Å²) in [5.41, 5.74) is 6.59. The first-order valence-electron chi connectivity index (χ1n) is 7.68. The van der Waals surface area contributed by atoms with E-state index in [-0.39, 0.29) is 5.75 Å². The van der Waals surface area contributed by atoms with E-state index in [0.717, 1.165) is 18.5 Å². The van der Waals surface area contributed by atoms with Crippen molar-refractivity contribution in [2.45, 2.75) is 32.1 Å². The van der Waals surface area contributed by atoms with Gasteiger partial charge in [0.1, 0.15) is 0 Å². The molecule has 2 unspecified atom stereocenters. The number of pyridine rings is 1. The van der Waals surface area contributed by atoms with E-state index >= 15 is 0 Å². The zero-order valence-corrected chi connectivity index (χ0v) is 13.2. The maximum atomic E-state index is 12.1. The Kier molecular flexibility index (Phi) is 6.14. The number of nitrogens with two attached hydrogens (primary N) is 1. The summed E-state index contributed by atoms with van der Waals surface area (Å²) in [6.07, 6.45) is 6.72. The highest BCUT2D eigenvalue weighted by molar-refractivity contribution is 7.89. The number of hydrogen-bond donors (Lipinski definition) is 2. The van der Waals surface area contributed by atoms with Crippen molar-refractivity contribution in [2.75, 3.05) is 18.8 Å². The highest BCUT2D eigenvalue weighted by atomic mass is 32.2. The average molecular weight is 311 g/mol. The Bertz CT molecular complexity index is 519. The summed E-state index contributed by atoms with van der Waals surface area (Å²) in [6.45, 7) is 1.17. The van der Waals surface area contributed by atoms with Crippen LogP contribution in [0.2, 0.25) is 0 Å². The molecular weight excluding hydrogens is 286 g/mol. The predicted octanol–water partition coefficient (Wildman–Crippen LogP) is 1.31. The van der Waals surface area contributed by atoms with Crippen LogP contribution in [0.25, 0.3) is 0 Å². The van der Waals surface area contributed by atoms with Gasteiger partial charge in [0.15, 0.2) is 0 Å². The van der Waals surface area contributed by atoms with E-state index in [4.69, 9.17) is 5.73 Å². The van der Waals surface area contributed by atoms with Crippen LogP contribution < -0.4 is 10.5 Å². The normalized spacial score (nSPS) is 23.1. The molecule has 1 aromatic rings. The number of nitrogens with one attached hydrogen (secondary N) is 1. The van der Waals surface area contributed by atoms with Crippen molar-refractivity contribution in [3.05, 3.63) is 30.1 Å². The van der Waals surface area contributed by atoms with Crippen LogP contribution in [0.15, 0.2) is 24.4 Å². The second-order valence-corrected chi connectivity index (χ2v) is 7.71. The number of nitrogens with zero attached hydrogens (tertiary/aromatic N) is 1. The van der Waals surface area contributed by atoms with Crippen LogP contribution in [0.1, 0.15) is 31.4 Å². The fourth-order valence-corrected chi connectivity index (χ4v) is 4.04. The third-order valence-electron chi connectivity index (χ3n) is 4.29. The molecule has 3 N–H and O–H groups in total. The van der Waals surface area contributed by atoms with Gasteiger partial charge in [0, 0.05) is 24.9 Å². The smallest absolute Gasteiger partial charge is 0.211 e. The van der Waals surface area contributed by atoms with Crippen LogP contribution >= 0.6 is 0 Å². The third-order valence-corrected chi connectivity index (χ3v) is 5.64. The Labute approximate surface area is 127 Å². The molecule has 118 valence electrons. The molecule has 2 rings (SSSR count). The Balaban J connectivity index is 1.80. The lowest BCUT2D eigenvalue weighted by atomic mass is 9.79. The molecule has 2 atom stereocenters. The molecule has 1 aliphatic rings. The van der Waals surface area contributed by atoms with E-state index in [1.165, 1.54) is 12.8 Å². The van der Waals surface area contributed by atoms with Crippen LogP contribution in [0, 0.1) is 11.8 Å². The molecule has 1 aliphatic carbocycles. The van der Waals surface area contributed by atoms with Gasteiger partial charge in [-0.05, 0) is 43.4 Å². The zero-order chi connectivity index (χ0) is 15.1. The van der Waals surface area contributed by atoms with Gasteiger partial charge in [0.2, 0.25) is 10.0 Å². The van der Waals surface area contributed by atoms with Crippen LogP contribution in [-0.4, -0.2) is 32.2 Å². The second-order valence-electron chi connectivity index (χ2n) is 5.78. The van der Waals surface area contributed by atoms with Crippen molar-refractivity contribution in [3.8, 4) is 0 Å². The van der Waals surface area contributed by atoms with E-state index in [1.54, 1.807) is 6.20 Å². The van der Waals surface area contributed by atoms with Crippen LogP contribution in [0.3, 0.4) is 0 Å². The number of aromatic nitrogens is 1. The summed E-state index contributed by atoms with van der Waals surface area (Å²) in [4.78, 5) is 4.15. The molecule has 5 nitrogen and oxygen atoms in total. The van der Waals surface area contributed by atoms with Crippen molar-refractivity contribution in [3.63, 3.8) is 0 Å². The van der Waals surface area contributed by atoms with E-state index in [9.17, 15) is 8.42 Å². The van der Waals surface area contributed by atoms with E-state index < -0.39 is 10.0 Å². The predicted molar refractivity (Wildman–Crippen MR) is 84.2 cm³/mol. The van der Waals surface area contributed by atoms with Crippen molar-refractivity contribution in [1.29, 1.82) is 0 Å². The van der Waals surface area contributed by atoms with Gasteiger partial charge in [-0.1, -0.05) is 18.9 Å². The first-order chi connectivity index (χ1) is 10.1. The zero-order valence-electron chi connectivity index (χ0n) is 12.4. The average Bonchev–Trinajstić information content (AvgIpc) is 2.52. The van der Waals surface area contributed by atoms with Gasteiger partial charge in [0.25, 0.3) is 0 Å². The number of sulfonamides is 1. The quantitative estimate of drug-likeness (QED) is 0.795. The van der Waals surface area contributed by atoms with Crippen molar-refractivity contribution < 1.29 is 8.42 Å². The molecule has 0 amide bonds. The molecule has 21 heavy (non-hydrogen) atoms. The number of aryl methyl sites for hydroxylation is 1. The summed E-state index contributed by atoms with van der Waals surface area (Å²) < 4.78 is 26.9. The summed E-state index contributed by atoms with van der Waals surface area (Å²) in [6, 6.07) is 5.55. The second kappa shape index (κ2) is 7.87. The highest BCUT2D eigenvalue weighted by Gasteiger charge is 2.25. The summed E-state index contributed by atoms with van der Waals surface area (Å²) in [7, 11) is -3.24. The molecule has 0 saturated heterocycles. The van der Waals surface area contributed by atoms with Crippen LogP contribution in [0.5, 0.6) is 0 Å². The fraction of sp³-hybridized carbons (Fsp3) is 0.667. The third kappa shape index (κ3) is 5.37. The molecule has 1 aromatic heterocycles. The lowest BCUT2D eigenvalue weighted by Gasteiger charge is -2.30. The lowest BCUT2D eigenvalue weighted by molar-refractivity contribution is 0.244. The first kappa shape index (κ1) is 16.4. The van der Waals surface area contributed by atoms with Gasteiger partial charge in [-0.15, -0.1) is 0 Å². The van der Waals surface area contributed by atoms with Crippen molar-refractivity contribution in [1.82, 2.24) is 9.71 Å². The van der Waals surface area contributed by atoms with E-state index in [1.807, 2.05) is 18.2 Å². The van der Waals surface area contributed by atoms with Crippen molar-refractivity contribution >= 4 is 10.0 Å². The monoisotopic (exact) mass is 311 g/mol. The highest BCUT2D eigenvalue weighted by Crippen LogP contribution is 2.28. The molecule has 0 aromatic carbocycles. The lowest BCUT2D eigenvalue weighted by Crippen LogP contribution is -2.38. The molecule has 6 heteroatoms. The van der Waals surface area contributed by atoms with Crippen LogP contribution in [-0.2, 0) is 16.4 Å². The Morgan fingerprint density at radius 3 is 2.67 bits per heavy atom. The summed E-state index contributed by atoms with van der Waals surface area (Å²) in [5, 5.41) is 0. The van der Waals surface area contributed by atoms with Gasteiger partial charge in [-0.25, -0.2) is 13.1 Å². The minimum absolute atomic E-state index is 0.0873. The minimum atomic E-state index is -3.24. The first-order valence-corrected chi connectivity index (χ1v) is 9.33. The molecule has 0 radical (unpaired) electrons. The van der Waals surface area contributed by atoms with Gasteiger partial charge >= 0.3 is 0 Å². The summed E-state index contributed by atoms with van der Waals surface area (Å²) >= 11 is 0. The Hall–Kier alpha value is -0.980. The maximum absolute atomic E-state index is 12.1. The molecule has 1 heterocycles. The molecule has 0 aliphatic heterocycles. The minimum Gasteiger partial charge on any atom is -0.330 e. The summed E-state index contributed by atoms with van der Waals surface area (Å²) in [5.74, 6) is 0.926. The number of rotatable bonds is 7. The van der Waals surface area contributed by atoms with Gasteiger partial charge < -0.3 is 5.73 Å². The van der Waals surface area contributed by atoms with E-state index in [0.29, 0.717) is 31.3 Å². The SMILES string of the molecule is NCC1CCCCC1CNS(=O)(=O)CCc1ccccn1.